The number of rotatable bonds is 7. The van der Waals surface area contributed by atoms with Crippen molar-refractivity contribution >= 4 is 23.6 Å². The van der Waals surface area contributed by atoms with Gasteiger partial charge in [0.15, 0.2) is 0 Å². The van der Waals surface area contributed by atoms with Crippen molar-refractivity contribution in [2.75, 3.05) is 5.75 Å². The number of carbonyl (C=O) groups is 2. The minimum atomic E-state index is -0.439. The summed E-state index contributed by atoms with van der Waals surface area (Å²) >= 11 is 1.05. The Morgan fingerprint density at radius 3 is 2.52 bits per heavy atom. The van der Waals surface area contributed by atoms with Crippen LogP contribution in [0.2, 0.25) is 0 Å². The Hall–Kier alpha value is -3.20. The van der Waals surface area contributed by atoms with Crippen LogP contribution in [0.25, 0.3) is 11.5 Å². The molecule has 0 spiro atoms. The molecule has 0 atom stereocenters. The number of benzene rings is 2. The van der Waals surface area contributed by atoms with Crippen LogP contribution in [0.5, 0.6) is 0 Å². The summed E-state index contributed by atoms with van der Waals surface area (Å²) in [5, 5.41) is 7.91. The zero-order chi connectivity index (χ0) is 20.6. The van der Waals surface area contributed by atoms with E-state index in [1.165, 1.54) is 6.07 Å². The first kappa shape index (κ1) is 20.5. The van der Waals surface area contributed by atoms with Gasteiger partial charge in [0.05, 0.1) is 5.75 Å². The van der Waals surface area contributed by atoms with Crippen LogP contribution in [0.3, 0.4) is 0 Å². The van der Waals surface area contributed by atoms with Crippen molar-refractivity contribution in [2.45, 2.75) is 24.7 Å². The summed E-state index contributed by atoms with van der Waals surface area (Å²) in [5.41, 5.74) is 6.54. The third-order valence-corrected chi connectivity index (χ3v) is 4.92. The van der Waals surface area contributed by atoms with Crippen molar-refractivity contribution in [3.63, 3.8) is 0 Å². The zero-order valence-electron chi connectivity index (χ0n) is 15.6. The van der Waals surface area contributed by atoms with Crippen LogP contribution in [0.4, 0.5) is 4.39 Å². The highest BCUT2D eigenvalue weighted by atomic mass is 32.2. The topological polar surface area (TPSA) is 97.1 Å². The lowest BCUT2D eigenvalue weighted by Gasteiger charge is -2.07. The predicted molar refractivity (Wildman–Crippen MR) is 106 cm³/mol. The molecule has 1 heterocycles. The van der Waals surface area contributed by atoms with Crippen molar-refractivity contribution < 1.29 is 18.4 Å². The molecule has 0 saturated heterocycles. The molecule has 1 aromatic heterocycles. The van der Waals surface area contributed by atoms with Crippen LogP contribution in [0.15, 0.2) is 57.8 Å². The van der Waals surface area contributed by atoms with Gasteiger partial charge in [-0.15, -0.1) is 22.0 Å². The number of thioether (sulfide) groups is 1. The summed E-state index contributed by atoms with van der Waals surface area (Å²) in [6.45, 7) is 1.99. The largest absolute Gasteiger partial charge is 0.421 e. The molecule has 29 heavy (non-hydrogen) atoms. The van der Waals surface area contributed by atoms with Crippen LogP contribution in [-0.2, 0) is 16.0 Å². The lowest BCUT2D eigenvalue weighted by atomic mass is 10.1. The van der Waals surface area contributed by atoms with E-state index in [2.05, 4.69) is 21.0 Å². The number of halogens is 1. The smallest absolute Gasteiger partial charge is 0.248 e. The number of hydrogen-bond acceptors (Lipinski definition) is 6. The molecule has 0 aliphatic heterocycles. The first-order valence-corrected chi connectivity index (χ1v) is 9.84. The molecule has 0 fully saturated rings. The van der Waals surface area contributed by atoms with Gasteiger partial charge in [0, 0.05) is 23.3 Å². The minimum Gasteiger partial charge on any atom is -0.421 e. The number of hydrazine groups is 1. The molecular weight excluding hydrogens is 395 g/mol. The van der Waals surface area contributed by atoms with Gasteiger partial charge in [-0.3, -0.25) is 20.4 Å². The zero-order valence-corrected chi connectivity index (χ0v) is 16.5. The van der Waals surface area contributed by atoms with E-state index in [4.69, 9.17) is 4.42 Å². The summed E-state index contributed by atoms with van der Waals surface area (Å²) < 4.78 is 19.1. The highest BCUT2D eigenvalue weighted by Gasteiger charge is 2.12. The third-order valence-electron chi connectivity index (χ3n) is 3.87. The van der Waals surface area contributed by atoms with Crippen LogP contribution < -0.4 is 10.9 Å². The van der Waals surface area contributed by atoms with E-state index in [0.29, 0.717) is 16.7 Å². The molecule has 2 N–H and O–H groups in total. The maximum atomic E-state index is 13.5. The summed E-state index contributed by atoms with van der Waals surface area (Å²) in [4.78, 5) is 24.0. The van der Waals surface area contributed by atoms with Crippen molar-refractivity contribution in [3.05, 3.63) is 65.8 Å². The summed E-state index contributed by atoms with van der Waals surface area (Å²) in [5.74, 6) is -0.532. The number of aryl methyl sites for hydroxylation is 2. The van der Waals surface area contributed by atoms with Gasteiger partial charge in [-0.1, -0.05) is 29.8 Å². The number of hydrogen-bond donors (Lipinski definition) is 2. The van der Waals surface area contributed by atoms with E-state index in [-0.39, 0.29) is 24.4 Å². The number of aromatic nitrogens is 2. The van der Waals surface area contributed by atoms with Crippen LogP contribution in [0.1, 0.15) is 17.9 Å². The number of nitrogens with zero attached hydrogens (tertiary/aromatic N) is 2. The Bertz CT molecular complexity index is 991. The highest BCUT2D eigenvalue weighted by Crippen LogP contribution is 2.20. The molecule has 7 nitrogen and oxygen atoms in total. The van der Waals surface area contributed by atoms with Crippen LogP contribution >= 0.6 is 11.8 Å². The van der Waals surface area contributed by atoms with Crippen LogP contribution in [0, 0.1) is 12.7 Å². The second-order valence-corrected chi connectivity index (χ2v) is 7.20. The Balaban J connectivity index is 1.39. The third kappa shape index (κ3) is 6.15. The van der Waals surface area contributed by atoms with Gasteiger partial charge in [0.1, 0.15) is 5.82 Å². The molecule has 0 bridgehead atoms. The molecule has 9 heteroatoms. The second-order valence-electron chi connectivity index (χ2n) is 6.18. The van der Waals surface area contributed by atoms with Gasteiger partial charge in [0.2, 0.25) is 23.6 Å². The molecule has 3 rings (SSSR count). The highest BCUT2D eigenvalue weighted by molar-refractivity contribution is 8.00. The van der Waals surface area contributed by atoms with Gasteiger partial charge in [0.25, 0.3) is 0 Å². The van der Waals surface area contributed by atoms with E-state index in [9.17, 15) is 14.0 Å². The maximum Gasteiger partial charge on any atom is 0.248 e. The molecule has 0 unspecified atom stereocenters. The summed E-state index contributed by atoms with van der Waals surface area (Å²) in [7, 11) is 0. The van der Waals surface area contributed by atoms with Gasteiger partial charge in [-0.05, 0) is 31.2 Å². The Morgan fingerprint density at radius 1 is 1.03 bits per heavy atom. The van der Waals surface area contributed by atoms with E-state index >= 15 is 0 Å². The second kappa shape index (κ2) is 9.83. The Morgan fingerprint density at radius 2 is 1.76 bits per heavy atom. The monoisotopic (exact) mass is 414 g/mol. The molecule has 0 aliphatic carbocycles. The van der Waals surface area contributed by atoms with Gasteiger partial charge < -0.3 is 4.42 Å². The van der Waals surface area contributed by atoms with Gasteiger partial charge in [-0.2, -0.15) is 0 Å². The lowest BCUT2D eigenvalue weighted by Crippen LogP contribution is -2.42. The fourth-order valence-corrected chi connectivity index (χ4v) is 3.07. The Kier molecular flexibility index (Phi) is 6.96. The molecule has 2 aromatic carbocycles. The van der Waals surface area contributed by atoms with Gasteiger partial charge >= 0.3 is 0 Å². The van der Waals surface area contributed by atoms with E-state index in [1.807, 2.05) is 31.2 Å². The van der Waals surface area contributed by atoms with E-state index < -0.39 is 11.8 Å². The number of nitrogens with one attached hydrogen (secondary N) is 2. The fourth-order valence-electron chi connectivity index (χ4n) is 2.33. The average molecular weight is 414 g/mol. The molecule has 0 radical (unpaired) electrons. The standard InChI is InChI=1S/C20H19FN4O3S/c1-13-6-8-14(9-7-13)20-25-24-19(28-20)11-10-17(26)22-23-18(27)12-29-16-5-3-2-4-15(16)21/h2-9H,10-12H2,1H3,(H,22,26)(H,23,27). The molecule has 0 aliphatic rings. The van der Waals surface area contributed by atoms with Crippen molar-refractivity contribution in [3.8, 4) is 11.5 Å². The molecule has 0 saturated carbocycles. The SMILES string of the molecule is Cc1ccc(-c2nnc(CCC(=O)NNC(=O)CSc3ccccc3F)o2)cc1. The minimum absolute atomic E-state index is 0.0230. The van der Waals surface area contributed by atoms with E-state index in [1.54, 1.807) is 18.2 Å². The lowest BCUT2D eigenvalue weighted by molar-refractivity contribution is -0.127. The number of carbonyl (C=O) groups excluding carboxylic acids is 2. The Labute approximate surface area is 171 Å². The van der Waals surface area contributed by atoms with Crippen molar-refractivity contribution in [1.29, 1.82) is 0 Å². The average Bonchev–Trinajstić information content (AvgIpc) is 3.19. The van der Waals surface area contributed by atoms with Gasteiger partial charge in [-0.25, -0.2) is 4.39 Å². The fraction of sp³-hybridized carbons (Fsp3) is 0.200. The van der Waals surface area contributed by atoms with Crippen molar-refractivity contribution in [1.82, 2.24) is 21.0 Å². The molecule has 3 aromatic rings. The quantitative estimate of drug-likeness (QED) is 0.456. The molecular formula is C20H19FN4O3S. The van der Waals surface area contributed by atoms with E-state index in [0.717, 1.165) is 22.9 Å². The predicted octanol–water partition coefficient (Wildman–Crippen LogP) is 3.06. The summed E-state index contributed by atoms with van der Waals surface area (Å²) in [6.07, 6.45) is 0.306. The number of amides is 2. The summed E-state index contributed by atoms with van der Waals surface area (Å²) in [6, 6.07) is 13.8. The normalized spacial score (nSPS) is 10.6. The molecule has 150 valence electrons. The van der Waals surface area contributed by atoms with Crippen LogP contribution in [-0.4, -0.2) is 27.8 Å². The first-order chi connectivity index (χ1) is 14.0. The maximum absolute atomic E-state index is 13.5. The molecule has 2 amide bonds. The van der Waals surface area contributed by atoms with Crippen molar-refractivity contribution in [2.24, 2.45) is 0 Å². The first-order valence-electron chi connectivity index (χ1n) is 8.85.